The van der Waals surface area contributed by atoms with Gasteiger partial charge in [0.1, 0.15) is 0 Å². The number of hydrogen-bond donors (Lipinski definition) is 2. The van der Waals surface area contributed by atoms with Crippen LogP contribution in [0.4, 0.5) is 0 Å². The lowest BCUT2D eigenvalue weighted by molar-refractivity contribution is -0.123. The number of H-pyrrole nitrogens is 1. The Morgan fingerprint density at radius 1 is 1.27 bits per heavy atom. The second-order valence-electron chi connectivity index (χ2n) is 8.87. The summed E-state index contributed by atoms with van der Waals surface area (Å²) >= 11 is 6.29. The Bertz CT molecular complexity index is 871. The van der Waals surface area contributed by atoms with E-state index in [4.69, 9.17) is 11.6 Å². The Morgan fingerprint density at radius 3 is 2.92 bits per heavy atom. The van der Waals surface area contributed by atoms with E-state index in [0.717, 1.165) is 42.5 Å². The van der Waals surface area contributed by atoms with Gasteiger partial charge in [-0.15, -0.1) is 0 Å². The number of amides is 1. The van der Waals surface area contributed by atoms with Crippen LogP contribution in [0.15, 0.2) is 12.1 Å². The molecule has 26 heavy (non-hydrogen) atoms. The van der Waals surface area contributed by atoms with E-state index in [9.17, 15) is 4.79 Å². The number of benzene rings is 1. The molecule has 1 heterocycles. The smallest absolute Gasteiger partial charge is 0.220 e. The van der Waals surface area contributed by atoms with Crippen molar-refractivity contribution in [2.24, 2.45) is 17.8 Å². The number of carbonyl (C=O) groups is 1. The number of aromatic amines is 1. The minimum absolute atomic E-state index is 0.256. The van der Waals surface area contributed by atoms with Crippen molar-refractivity contribution >= 4 is 28.4 Å². The van der Waals surface area contributed by atoms with Crippen molar-refractivity contribution in [1.29, 1.82) is 0 Å². The Hall–Kier alpha value is -1.48. The fourth-order valence-corrected chi connectivity index (χ4v) is 6.20. The molecule has 3 aliphatic carbocycles. The van der Waals surface area contributed by atoms with Crippen molar-refractivity contribution in [1.82, 2.24) is 10.3 Å². The standard InChI is InChI=1S/C22H27ClN2O/c1-12-6-16(23)10-19-18-11-17(4-5-20(18)25-22(12)19)24-21(26)9-15-8-13-2-3-14(15)7-13/h6,10,13-15,17,25H,2-5,7-9,11H2,1H3,(H,24,26)/t13-,14+,15?,17?/m1/s1. The summed E-state index contributed by atoms with van der Waals surface area (Å²) in [6, 6.07) is 4.34. The van der Waals surface area contributed by atoms with Crippen LogP contribution in [0.2, 0.25) is 5.02 Å². The van der Waals surface area contributed by atoms with Gasteiger partial charge < -0.3 is 10.3 Å². The molecule has 1 amide bonds. The zero-order valence-electron chi connectivity index (χ0n) is 15.4. The highest BCUT2D eigenvalue weighted by Crippen LogP contribution is 2.49. The number of carbonyl (C=O) groups excluding carboxylic acids is 1. The third-order valence-corrected chi connectivity index (χ3v) is 7.37. The number of rotatable bonds is 3. The van der Waals surface area contributed by atoms with Crippen LogP contribution in [-0.4, -0.2) is 16.9 Å². The van der Waals surface area contributed by atoms with Gasteiger partial charge in [-0.2, -0.15) is 0 Å². The van der Waals surface area contributed by atoms with Crippen LogP contribution in [-0.2, 0) is 17.6 Å². The lowest BCUT2D eigenvalue weighted by Gasteiger charge is -2.26. The lowest BCUT2D eigenvalue weighted by atomic mass is 9.86. The van der Waals surface area contributed by atoms with E-state index >= 15 is 0 Å². The summed E-state index contributed by atoms with van der Waals surface area (Å²) in [5.41, 5.74) is 5.07. The molecule has 4 atom stereocenters. The van der Waals surface area contributed by atoms with Gasteiger partial charge in [0.05, 0.1) is 0 Å². The number of hydrogen-bond acceptors (Lipinski definition) is 1. The SMILES string of the molecule is Cc1cc(Cl)cc2c3c([nH]c12)CCC(NC(=O)CC1C[C@@H]2CC[C@H]1C2)C3. The Kier molecular flexibility index (Phi) is 4.04. The van der Waals surface area contributed by atoms with E-state index < -0.39 is 0 Å². The monoisotopic (exact) mass is 370 g/mol. The number of aromatic nitrogens is 1. The molecule has 1 aromatic carbocycles. The highest BCUT2D eigenvalue weighted by atomic mass is 35.5. The van der Waals surface area contributed by atoms with Crippen LogP contribution < -0.4 is 5.32 Å². The molecule has 1 aromatic heterocycles. The van der Waals surface area contributed by atoms with E-state index in [0.29, 0.717) is 5.92 Å². The average molecular weight is 371 g/mol. The average Bonchev–Trinajstić information content (AvgIpc) is 3.29. The third kappa shape index (κ3) is 2.85. The molecule has 5 rings (SSSR count). The van der Waals surface area contributed by atoms with Crippen LogP contribution in [0.3, 0.4) is 0 Å². The summed E-state index contributed by atoms with van der Waals surface area (Å²) < 4.78 is 0. The zero-order valence-corrected chi connectivity index (χ0v) is 16.2. The molecule has 2 unspecified atom stereocenters. The summed E-state index contributed by atoms with van der Waals surface area (Å²) in [5, 5.41) is 5.37. The van der Waals surface area contributed by atoms with Crippen molar-refractivity contribution in [3.8, 4) is 0 Å². The van der Waals surface area contributed by atoms with Crippen LogP contribution in [0.1, 0.15) is 55.3 Å². The molecular formula is C22H27ClN2O. The van der Waals surface area contributed by atoms with Gasteiger partial charge in [-0.3, -0.25) is 4.79 Å². The summed E-state index contributed by atoms with van der Waals surface area (Å²) in [7, 11) is 0. The molecular weight excluding hydrogens is 344 g/mol. The molecule has 0 radical (unpaired) electrons. The summed E-state index contributed by atoms with van der Waals surface area (Å²) in [5.74, 6) is 2.64. The second-order valence-corrected chi connectivity index (χ2v) is 9.31. The Labute approximate surface area is 159 Å². The summed E-state index contributed by atoms with van der Waals surface area (Å²) in [6.45, 7) is 2.10. The van der Waals surface area contributed by atoms with E-state index in [1.807, 2.05) is 6.07 Å². The second kappa shape index (κ2) is 6.30. The van der Waals surface area contributed by atoms with Crippen LogP contribution in [0, 0.1) is 24.7 Å². The van der Waals surface area contributed by atoms with Gasteiger partial charge in [0.25, 0.3) is 0 Å². The normalized spacial score (nSPS) is 29.9. The fourth-order valence-electron chi connectivity index (χ4n) is 5.92. The summed E-state index contributed by atoms with van der Waals surface area (Å²) in [6.07, 6.45) is 9.09. The van der Waals surface area contributed by atoms with Crippen molar-refractivity contribution < 1.29 is 4.79 Å². The lowest BCUT2D eigenvalue weighted by Crippen LogP contribution is -2.39. The molecule has 2 saturated carbocycles. The maximum absolute atomic E-state index is 12.6. The number of nitrogens with one attached hydrogen (secondary N) is 2. The van der Waals surface area contributed by atoms with Crippen molar-refractivity contribution in [3.63, 3.8) is 0 Å². The Balaban J connectivity index is 1.29. The molecule has 2 aromatic rings. The predicted molar refractivity (Wildman–Crippen MR) is 106 cm³/mol. The van der Waals surface area contributed by atoms with Crippen molar-refractivity contribution in [3.05, 3.63) is 34.0 Å². The van der Waals surface area contributed by atoms with Gasteiger partial charge in [0.2, 0.25) is 5.91 Å². The number of halogens is 1. The van der Waals surface area contributed by atoms with Crippen LogP contribution in [0.5, 0.6) is 0 Å². The van der Waals surface area contributed by atoms with E-state index in [2.05, 4.69) is 23.3 Å². The van der Waals surface area contributed by atoms with Crippen LogP contribution in [0.25, 0.3) is 10.9 Å². The Morgan fingerprint density at radius 2 is 2.15 bits per heavy atom. The van der Waals surface area contributed by atoms with Gasteiger partial charge in [0.15, 0.2) is 0 Å². The first-order valence-electron chi connectivity index (χ1n) is 10.2. The summed E-state index contributed by atoms with van der Waals surface area (Å²) in [4.78, 5) is 16.2. The first kappa shape index (κ1) is 16.7. The molecule has 0 saturated heterocycles. The molecule has 3 nitrogen and oxygen atoms in total. The quantitative estimate of drug-likeness (QED) is 0.790. The van der Waals surface area contributed by atoms with Gasteiger partial charge in [-0.25, -0.2) is 0 Å². The molecule has 3 aliphatic rings. The van der Waals surface area contributed by atoms with Gasteiger partial charge in [-0.05, 0) is 86.5 Å². The molecule has 4 heteroatoms. The third-order valence-electron chi connectivity index (χ3n) is 7.16. The first-order valence-corrected chi connectivity index (χ1v) is 10.5. The maximum Gasteiger partial charge on any atom is 0.220 e. The minimum Gasteiger partial charge on any atom is -0.358 e. The molecule has 138 valence electrons. The van der Waals surface area contributed by atoms with Crippen LogP contribution >= 0.6 is 11.6 Å². The number of fused-ring (bicyclic) bond motifs is 5. The topological polar surface area (TPSA) is 44.9 Å². The first-order chi connectivity index (χ1) is 12.6. The largest absolute Gasteiger partial charge is 0.358 e. The number of aryl methyl sites for hydroxylation is 2. The fraction of sp³-hybridized carbons (Fsp3) is 0.591. The minimum atomic E-state index is 0.256. The van der Waals surface area contributed by atoms with Crippen molar-refractivity contribution in [2.45, 2.75) is 64.3 Å². The van der Waals surface area contributed by atoms with Crippen molar-refractivity contribution in [2.75, 3.05) is 0 Å². The van der Waals surface area contributed by atoms with E-state index in [1.165, 1.54) is 53.4 Å². The van der Waals surface area contributed by atoms with E-state index in [-0.39, 0.29) is 11.9 Å². The highest BCUT2D eigenvalue weighted by Gasteiger charge is 2.40. The van der Waals surface area contributed by atoms with Gasteiger partial charge >= 0.3 is 0 Å². The van der Waals surface area contributed by atoms with Gasteiger partial charge in [0, 0.05) is 34.1 Å². The zero-order chi connectivity index (χ0) is 17.8. The van der Waals surface area contributed by atoms with Gasteiger partial charge in [-0.1, -0.05) is 18.0 Å². The molecule has 0 spiro atoms. The van der Waals surface area contributed by atoms with E-state index in [1.54, 1.807) is 0 Å². The maximum atomic E-state index is 12.6. The molecule has 2 fully saturated rings. The molecule has 2 N–H and O–H groups in total. The molecule has 2 bridgehead atoms. The molecule has 0 aliphatic heterocycles. The predicted octanol–water partition coefficient (Wildman–Crippen LogP) is 4.93. The highest BCUT2D eigenvalue weighted by molar-refractivity contribution is 6.31.